The first kappa shape index (κ1) is 15.3. The second kappa shape index (κ2) is 8.26. The van der Waals surface area contributed by atoms with Crippen molar-refractivity contribution in [3.05, 3.63) is 0 Å². The second-order valence-electron chi connectivity index (χ2n) is 7.06. The highest BCUT2D eigenvalue weighted by molar-refractivity contribution is 4.81. The Morgan fingerprint density at radius 3 is 2.21 bits per heavy atom. The van der Waals surface area contributed by atoms with Crippen molar-refractivity contribution in [2.75, 3.05) is 32.7 Å². The average molecular weight is 266 g/mol. The molecule has 19 heavy (non-hydrogen) atoms. The molecule has 0 aromatic carbocycles. The van der Waals surface area contributed by atoms with E-state index in [9.17, 15) is 0 Å². The average Bonchev–Trinajstić information content (AvgIpc) is 2.45. The van der Waals surface area contributed by atoms with E-state index in [1.807, 2.05) is 0 Å². The summed E-state index contributed by atoms with van der Waals surface area (Å²) in [6.07, 6.45) is 11.4. The van der Waals surface area contributed by atoms with E-state index >= 15 is 0 Å². The van der Waals surface area contributed by atoms with Gasteiger partial charge >= 0.3 is 0 Å². The van der Waals surface area contributed by atoms with Gasteiger partial charge in [-0.1, -0.05) is 33.1 Å². The third-order valence-electron chi connectivity index (χ3n) is 4.97. The van der Waals surface area contributed by atoms with Gasteiger partial charge in [0.25, 0.3) is 0 Å². The maximum atomic E-state index is 2.78. The fourth-order valence-electron chi connectivity index (χ4n) is 3.68. The van der Waals surface area contributed by atoms with E-state index in [4.69, 9.17) is 0 Å². The van der Waals surface area contributed by atoms with Crippen molar-refractivity contribution in [2.45, 2.75) is 71.3 Å². The molecule has 0 bridgehead atoms. The summed E-state index contributed by atoms with van der Waals surface area (Å²) in [6, 6.07) is 0.909. The highest BCUT2D eigenvalue weighted by Crippen LogP contribution is 2.21. The quantitative estimate of drug-likeness (QED) is 0.675. The molecular weight excluding hydrogens is 232 g/mol. The minimum absolute atomic E-state index is 0.879. The molecule has 0 radical (unpaired) electrons. The maximum absolute atomic E-state index is 2.78. The van der Waals surface area contributed by atoms with Crippen LogP contribution in [0.5, 0.6) is 0 Å². The summed E-state index contributed by atoms with van der Waals surface area (Å²) in [5.41, 5.74) is 0. The van der Waals surface area contributed by atoms with Crippen molar-refractivity contribution >= 4 is 0 Å². The van der Waals surface area contributed by atoms with Crippen LogP contribution in [0.25, 0.3) is 0 Å². The molecule has 0 aromatic rings. The lowest BCUT2D eigenvalue weighted by Crippen LogP contribution is -2.46. The van der Waals surface area contributed by atoms with E-state index in [0.29, 0.717) is 0 Å². The Labute approximate surface area is 120 Å². The van der Waals surface area contributed by atoms with E-state index in [-0.39, 0.29) is 0 Å². The molecule has 2 rings (SSSR count). The Morgan fingerprint density at radius 1 is 0.895 bits per heavy atom. The summed E-state index contributed by atoms with van der Waals surface area (Å²) in [5, 5.41) is 0. The molecule has 0 unspecified atom stereocenters. The van der Waals surface area contributed by atoms with E-state index in [1.54, 1.807) is 0 Å². The van der Waals surface area contributed by atoms with Gasteiger partial charge in [0.2, 0.25) is 0 Å². The minimum atomic E-state index is 0.879. The lowest BCUT2D eigenvalue weighted by molar-refractivity contribution is 0.0917. The molecule has 0 aromatic heterocycles. The second-order valence-corrected chi connectivity index (χ2v) is 7.06. The first-order valence-electron chi connectivity index (χ1n) is 8.72. The van der Waals surface area contributed by atoms with Crippen LogP contribution in [0.15, 0.2) is 0 Å². The maximum Gasteiger partial charge on any atom is 0.0120 e. The number of unbranched alkanes of at least 4 members (excludes halogenated alkanes) is 1. The van der Waals surface area contributed by atoms with Crippen molar-refractivity contribution in [1.82, 2.24) is 9.80 Å². The Balaban J connectivity index is 1.57. The van der Waals surface area contributed by atoms with E-state index in [1.165, 1.54) is 84.1 Å². The van der Waals surface area contributed by atoms with Crippen LogP contribution in [0, 0.1) is 5.92 Å². The summed E-state index contributed by atoms with van der Waals surface area (Å²) in [4.78, 5) is 5.49. The van der Waals surface area contributed by atoms with Gasteiger partial charge in [-0.25, -0.2) is 0 Å². The van der Waals surface area contributed by atoms with Gasteiger partial charge in [0.1, 0.15) is 0 Å². The van der Waals surface area contributed by atoms with Crippen molar-refractivity contribution in [1.29, 1.82) is 0 Å². The van der Waals surface area contributed by atoms with E-state index in [2.05, 4.69) is 23.6 Å². The first-order chi connectivity index (χ1) is 9.25. The number of piperidine rings is 2. The molecule has 2 nitrogen and oxygen atoms in total. The SMILES string of the molecule is CC(C)CCCCN1CCC(N2CCCCC2)CC1. The molecule has 2 heterocycles. The Hall–Kier alpha value is -0.0800. The van der Waals surface area contributed by atoms with Crippen LogP contribution < -0.4 is 0 Å². The van der Waals surface area contributed by atoms with Crippen LogP contribution in [0.1, 0.15) is 65.2 Å². The molecule has 2 aliphatic heterocycles. The van der Waals surface area contributed by atoms with Gasteiger partial charge in [0.15, 0.2) is 0 Å². The number of hydrogen-bond donors (Lipinski definition) is 0. The molecule has 2 aliphatic rings. The Kier molecular flexibility index (Phi) is 6.66. The third kappa shape index (κ3) is 5.43. The predicted octanol–water partition coefficient (Wildman–Crippen LogP) is 3.76. The van der Waals surface area contributed by atoms with E-state index in [0.717, 1.165) is 12.0 Å². The standard InChI is InChI=1S/C17H34N2/c1-16(2)8-4-7-11-18-14-9-17(10-15-18)19-12-5-3-6-13-19/h16-17H,3-15H2,1-2H3. The summed E-state index contributed by atoms with van der Waals surface area (Å²) in [5.74, 6) is 0.879. The highest BCUT2D eigenvalue weighted by atomic mass is 15.2. The molecule has 0 atom stereocenters. The van der Waals surface area contributed by atoms with E-state index < -0.39 is 0 Å². The van der Waals surface area contributed by atoms with Gasteiger partial charge in [0, 0.05) is 6.04 Å². The molecule has 2 fully saturated rings. The molecule has 0 aliphatic carbocycles. The van der Waals surface area contributed by atoms with Gasteiger partial charge in [-0.3, -0.25) is 0 Å². The van der Waals surface area contributed by atoms with Crippen LogP contribution in [-0.4, -0.2) is 48.6 Å². The molecule has 0 saturated carbocycles. The first-order valence-corrected chi connectivity index (χ1v) is 8.72. The van der Waals surface area contributed by atoms with Gasteiger partial charge in [-0.15, -0.1) is 0 Å². The predicted molar refractivity (Wildman–Crippen MR) is 83.6 cm³/mol. The van der Waals surface area contributed by atoms with Gasteiger partial charge in [-0.05, 0) is 70.7 Å². The number of hydrogen-bond acceptors (Lipinski definition) is 2. The van der Waals surface area contributed by atoms with Crippen molar-refractivity contribution in [2.24, 2.45) is 5.92 Å². The molecular formula is C17H34N2. The smallest absolute Gasteiger partial charge is 0.0120 e. The fraction of sp³-hybridized carbons (Fsp3) is 1.00. The summed E-state index contributed by atoms with van der Waals surface area (Å²) >= 11 is 0. The van der Waals surface area contributed by atoms with Crippen LogP contribution in [0.4, 0.5) is 0 Å². The van der Waals surface area contributed by atoms with Gasteiger partial charge in [0.05, 0.1) is 0 Å². The lowest BCUT2D eigenvalue weighted by atomic mass is 9.99. The summed E-state index contributed by atoms with van der Waals surface area (Å²) in [6.45, 7) is 11.5. The van der Waals surface area contributed by atoms with Crippen LogP contribution in [-0.2, 0) is 0 Å². The monoisotopic (exact) mass is 266 g/mol. The molecule has 112 valence electrons. The van der Waals surface area contributed by atoms with Crippen molar-refractivity contribution < 1.29 is 0 Å². The van der Waals surface area contributed by atoms with Crippen LogP contribution in [0.2, 0.25) is 0 Å². The largest absolute Gasteiger partial charge is 0.303 e. The number of likely N-dealkylation sites (tertiary alicyclic amines) is 2. The molecule has 0 spiro atoms. The summed E-state index contributed by atoms with van der Waals surface area (Å²) < 4.78 is 0. The summed E-state index contributed by atoms with van der Waals surface area (Å²) in [7, 11) is 0. The third-order valence-corrected chi connectivity index (χ3v) is 4.97. The number of rotatable bonds is 6. The zero-order valence-electron chi connectivity index (χ0n) is 13.2. The van der Waals surface area contributed by atoms with Crippen molar-refractivity contribution in [3.63, 3.8) is 0 Å². The van der Waals surface area contributed by atoms with Gasteiger partial charge < -0.3 is 9.80 Å². The molecule has 0 N–H and O–H groups in total. The Morgan fingerprint density at radius 2 is 1.58 bits per heavy atom. The lowest BCUT2D eigenvalue weighted by Gasteiger charge is -2.40. The zero-order chi connectivity index (χ0) is 13.5. The molecule has 0 amide bonds. The molecule has 2 heteroatoms. The van der Waals surface area contributed by atoms with Crippen LogP contribution >= 0.6 is 0 Å². The number of nitrogens with zero attached hydrogens (tertiary/aromatic N) is 2. The zero-order valence-corrected chi connectivity index (χ0v) is 13.2. The molecule has 2 saturated heterocycles. The highest BCUT2D eigenvalue weighted by Gasteiger charge is 2.25. The van der Waals surface area contributed by atoms with Gasteiger partial charge in [-0.2, -0.15) is 0 Å². The topological polar surface area (TPSA) is 6.48 Å². The fourth-order valence-corrected chi connectivity index (χ4v) is 3.68. The van der Waals surface area contributed by atoms with Crippen LogP contribution in [0.3, 0.4) is 0 Å². The van der Waals surface area contributed by atoms with Crippen molar-refractivity contribution in [3.8, 4) is 0 Å². The minimum Gasteiger partial charge on any atom is -0.303 e. The Bertz CT molecular complexity index is 225. The normalized spacial score (nSPS) is 24.2.